The van der Waals surface area contributed by atoms with Gasteiger partial charge >= 0.3 is 5.97 Å². The van der Waals surface area contributed by atoms with Crippen molar-refractivity contribution < 1.29 is 19.1 Å². The lowest BCUT2D eigenvalue weighted by Gasteiger charge is -2.08. The molecule has 0 bridgehead atoms. The van der Waals surface area contributed by atoms with Crippen LogP contribution in [0.2, 0.25) is 0 Å². The number of ether oxygens (including phenoxy) is 2. The smallest absolute Gasteiger partial charge is 0.309 e. The van der Waals surface area contributed by atoms with E-state index < -0.39 is 5.97 Å². The van der Waals surface area contributed by atoms with E-state index in [0.29, 0.717) is 17.9 Å². The molecule has 0 fully saturated rings. The normalized spacial score (nSPS) is 10.4. The summed E-state index contributed by atoms with van der Waals surface area (Å²) in [4.78, 5) is 24.1. The Hall–Kier alpha value is -2.82. The van der Waals surface area contributed by atoms with E-state index in [1.807, 2.05) is 55.7 Å². The zero-order chi connectivity index (χ0) is 19.1. The Labute approximate surface area is 154 Å². The Morgan fingerprint density at radius 3 is 2.50 bits per heavy atom. The largest absolute Gasteiger partial charge is 0.493 e. The third kappa shape index (κ3) is 5.09. The number of allylic oxidation sites excluding steroid dienone is 1. The topological polar surface area (TPSA) is 57.5 Å². The van der Waals surface area contributed by atoms with Crippen LogP contribution in [0.5, 0.6) is 5.75 Å². The van der Waals surface area contributed by atoms with E-state index in [2.05, 4.69) is 6.58 Å². The van der Waals surface area contributed by atoms with Crippen molar-refractivity contribution in [2.75, 3.05) is 13.2 Å². The van der Waals surface area contributed by atoms with Crippen molar-refractivity contribution in [1.29, 1.82) is 0 Å². The van der Waals surface area contributed by atoms with E-state index in [1.54, 1.807) is 6.08 Å². The van der Waals surface area contributed by atoms with E-state index in [4.69, 9.17) is 9.47 Å². The standard InChI is InChI=1S/C21H25NO4/c1-5-11-22-16(3)13-19(17(22)4)20(23)14-26-21(24)10-12-25-18-8-6-15(2)7-9-18/h5-9,13H,1,10-12,14H2,2-4H3. The van der Waals surface area contributed by atoms with Gasteiger partial charge in [0.25, 0.3) is 0 Å². The summed E-state index contributed by atoms with van der Waals surface area (Å²) in [5, 5.41) is 0. The molecule has 0 N–H and O–H groups in total. The second-order valence-corrected chi connectivity index (χ2v) is 6.18. The lowest BCUT2D eigenvalue weighted by Crippen LogP contribution is -2.16. The SMILES string of the molecule is C=CCn1c(C)cc(C(=O)COC(=O)CCOc2ccc(C)cc2)c1C. The van der Waals surface area contributed by atoms with Gasteiger partial charge < -0.3 is 14.0 Å². The summed E-state index contributed by atoms with van der Waals surface area (Å²) in [5.74, 6) is 0.0423. The first-order valence-electron chi connectivity index (χ1n) is 8.58. The summed E-state index contributed by atoms with van der Waals surface area (Å²) in [6, 6.07) is 9.40. The molecule has 0 unspecified atom stereocenters. The minimum Gasteiger partial charge on any atom is -0.493 e. The second kappa shape index (κ2) is 9.04. The molecule has 0 spiro atoms. The molecule has 2 aromatic rings. The van der Waals surface area contributed by atoms with E-state index in [0.717, 1.165) is 17.0 Å². The number of nitrogens with zero attached hydrogens (tertiary/aromatic N) is 1. The molecule has 26 heavy (non-hydrogen) atoms. The van der Waals surface area contributed by atoms with Crippen LogP contribution in [0, 0.1) is 20.8 Å². The molecule has 0 aliphatic carbocycles. The fraction of sp³-hybridized carbons (Fsp3) is 0.333. The summed E-state index contributed by atoms with van der Waals surface area (Å²) < 4.78 is 12.6. The van der Waals surface area contributed by atoms with Crippen molar-refractivity contribution in [3.63, 3.8) is 0 Å². The van der Waals surface area contributed by atoms with Crippen molar-refractivity contribution in [2.45, 2.75) is 33.7 Å². The van der Waals surface area contributed by atoms with Gasteiger partial charge in [-0.15, -0.1) is 6.58 Å². The molecule has 1 aromatic heterocycles. The highest BCUT2D eigenvalue weighted by Gasteiger charge is 2.16. The number of esters is 1. The zero-order valence-corrected chi connectivity index (χ0v) is 15.6. The van der Waals surface area contributed by atoms with Crippen molar-refractivity contribution in [3.8, 4) is 5.75 Å². The summed E-state index contributed by atoms with van der Waals surface area (Å²) in [7, 11) is 0. The first-order chi connectivity index (χ1) is 12.4. The van der Waals surface area contributed by atoms with Crippen LogP contribution in [-0.2, 0) is 16.1 Å². The van der Waals surface area contributed by atoms with Crippen LogP contribution in [-0.4, -0.2) is 29.5 Å². The summed E-state index contributed by atoms with van der Waals surface area (Å²) >= 11 is 0. The maximum atomic E-state index is 12.3. The van der Waals surface area contributed by atoms with Gasteiger partial charge in [0.2, 0.25) is 5.78 Å². The molecule has 5 nitrogen and oxygen atoms in total. The number of hydrogen-bond acceptors (Lipinski definition) is 4. The van der Waals surface area contributed by atoms with Gasteiger partial charge in [0.05, 0.1) is 13.0 Å². The highest BCUT2D eigenvalue weighted by atomic mass is 16.5. The van der Waals surface area contributed by atoms with Gasteiger partial charge in [-0.25, -0.2) is 0 Å². The zero-order valence-electron chi connectivity index (χ0n) is 15.6. The number of rotatable bonds is 9. The van der Waals surface area contributed by atoms with E-state index in [1.165, 1.54) is 0 Å². The average Bonchev–Trinajstić information content (AvgIpc) is 2.90. The molecule has 138 valence electrons. The molecule has 1 heterocycles. The molecule has 2 rings (SSSR count). The van der Waals surface area contributed by atoms with E-state index in [9.17, 15) is 9.59 Å². The van der Waals surface area contributed by atoms with E-state index >= 15 is 0 Å². The van der Waals surface area contributed by atoms with Crippen LogP contribution in [0.15, 0.2) is 43.0 Å². The molecule has 0 saturated heterocycles. The number of hydrogen-bond donors (Lipinski definition) is 0. The first-order valence-corrected chi connectivity index (χ1v) is 8.58. The summed E-state index contributed by atoms with van der Waals surface area (Å²) in [6.45, 7) is 10.1. The Morgan fingerprint density at radius 2 is 1.85 bits per heavy atom. The van der Waals surface area contributed by atoms with Crippen LogP contribution in [0.25, 0.3) is 0 Å². The molecule has 0 amide bonds. The van der Waals surface area contributed by atoms with Gasteiger partial charge in [-0.1, -0.05) is 23.8 Å². The first kappa shape index (κ1) is 19.5. The van der Waals surface area contributed by atoms with Crippen molar-refractivity contribution >= 4 is 11.8 Å². The maximum absolute atomic E-state index is 12.3. The number of ketones is 1. The summed E-state index contributed by atoms with van der Waals surface area (Å²) in [6.07, 6.45) is 1.87. The highest BCUT2D eigenvalue weighted by Crippen LogP contribution is 2.16. The molecule has 0 saturated carbocycles. The van der Waals surface area contributed by atoms with Crippen LogP contribution in [0.4, 0.5) is 0 Å². The molecule has 1 aromatic carbocycles. The van der Waals surface area contributed by atoms with Crippen LogP contribution in [0.1, 0.15) is 33.7 Å². The van der Waals surface area contributed by atoms with Gasteiger partial charge in [0.1, 0.15) is 5.75 Å². The molecule has 0 atom stereocenters. The predicted molar refractivity (Wildman–Crippen MR) is 101 cm³/mol. The number of carbonyl (C=O) groups is 2. The van der Waals surface area contributed by atoms with Gasteiger partial charge in [-0.3, -0.25) is 9.59 Å². The number of Topliss-reactive ketones (excluding diaryl/α,β-unsaturated/α-hetero) is 1. The van der Waals surface area contributed by atoms with Crippen LogP contribution >= 0.6 is 0 Å². The number of carbonyl (C=O) groups excluding carboxylic acids is 2. The molecule has 0 radical (unpaired) electrons. The fourth-order valence-electron chi connectivity index (χ4n) is 2.68. The lowest BCUT2D eigenvalue weighted by atomic mass is 10.1. The summed E-state index contributed by atoms with van der Waals surface area (Å²) in [5.41, 5.74) is 3.55. The molecular formula is C21H25NO4. The van der Waals surface area contributed by atoms with Crippen LogP contribution in [0.3, 0.4) is 0 Å². The molecule has 0 aliphatic heterocycles. The monoisotopic (exact) mass is 355 g/mol. The van der Waals surface area contributed by atoms with Crippen LogP contribution < -0.4 is 4.74 Å². The van der Waals surface area contributed by atoms with Crippen molar-refractivity contribution in [2.24, 2.45) is 0 Å². The van der Waals surface area contributed by atoms with Gasteiger partial charge in [-0.05, 0) is 39.0 Å². The third-order valence-corrected chi connectivity index (χ3v) is 4.15. The Morgan fingerprint density at radius 1 is 1.15 bits per heavy atom. The molecule has 0 aliphatic rings. The minimum absolute atomic E-state index is 0.0939. The lowest BCUT2D eigenvalue weighted by molar-refractivity contribution is -0.143. The highest BCUT2D eigenvalue weighted by molar-refractivity contribution is 5.99. The number of benzene rings is 1. The quantitative estimate of drug-likeness (QED) is 0.390. The molecular weight excluding hydrogens is 330 g/mol. The number of aromatic nitrogens is 1. The minimum atomic E-state index is -0.453. The van der Waals surface area contributed by atoms with Crippen molar-refractivity contribution in [1.82, 2.24) is 4.57 Å². The second-order valence-electron chi connectivity index (χ2n) is 6.18. The average molecular weight is 355 g/mol. The maximum Gasteiger partial charge on any atom is 0.309 e. The van der Waals surface area contributed by atoms with Gasteiger partial charge in [0, 0.05) is 23.5 Å². The Bertz CT molecular complexity index is 787. The van der Waals surface area contributed by atoms with Gasteiger partial charge in [-0.2, -0.15) is 0 Å². The predicted octanol–water partition coefficient (Wildman–Crippen LogP) is 3.79. The van der Waals surface area contributed by atoms with Crippen molar-refractivity contribution in [3.05, 3.63) is 65.5 Å². The molecule has 5 heteroatoms. The number of aryl methyl sites for hydroxylation is 2. The Kier molecular flexibility index (Phi) is 6.78. The third-order valence-electron chi connectivity index (χ3n) is 4.15. The fourth-order valence-corrected chi connectivity index (χ4v) is 2.68. The Balaban J connectivity index is 1.79. The van der Waals surface area contributed by atoms with Gasteiger partial charge in [0.15, 0.2) is 6.61 Å². The van der Waals surface area contributed by atoms with E-state index in [-0.39, 0.29) is 25.4 Å².